The van der Waals surface area contributed by atoms with E-state index in [9.17, 15) is 13.2 Å². The molecule has 128 valence electrons. The van der Waals surface area contributed by atoms with Crippen LogP contribution in [0.3, 0.4) is 0 Å². The van der Waals surface area contributed by atoms with Crippen LogP contribution in [0, 0.1) is 6.92 Å². The van der Waals surface area contributed by atoms with E-state index in [1.54, 1.807) is 29.8 Å². The molecule has 0 saturated heterocycles. The van der Waals surface area contributed by atoms with Crippen molar-refractivity contribution >= 4 is 21.4 Å². The zero-order valence-corrected chi connectivity index (χ0v) is 14.4. The highest BCUT2D eigenvalue weighted by molar-refractivity contribution is 7.90. The second-order valence-corrected chi connectivity index (χ2v) is 7.45. The van der Waals surface area contributed by atoms with Crippen molar-refractivity contribution < 1.29 is 13.2 Å². The highest BCUT2D eigenvalue weighted by Crippen LogP contribution is 2.16. The number of rotatable bonds is 4. The molecule has 0 aliphatic heterocycles. The summed E-state index contributed by atoms with van der Waals surface area (Å²) in [7, 11) is -3.29. The first-order valence-corrected chi connectivity index (χ1v) is 9.20. The Morgan fingerprint density at radius 2 is 1.84 bits per heavy atom. The van der Waals surface area contributed by atoms with Gasteiger partial charge in [-0.1, -0.05) is 6.07 Å². The van der Waals surface area contributed by atoms with Crippen molar-refractivity contribution in [3.05, 3.63) is 59.9 Å². The number of amides is 1. The number of carbonyl (C=O) groups excluding carboxylic acids is 1. The minimum Gasteiger partial charge on any atom is -0.322 e. The van der Waals surface area contributed by atoms with E-state index >= 15 is 0 Å². The lowest BCUT2D eigenvalue weighted by Crippen LogP contribution is -2.12. The summed E-state index contributed by atoms with van der Waals surface area (Å²) in [4.78, 5) is 12.5. The zero-order valence-electron chi connectivity index (χ0n) is 13.5. The summed E-state index contributed by atoms with van der Waals surface area (Å²) in [5.74, 6) is 0.283. The van der Waals surface area contributed by atoms with Crippen LogP contribution in [0.15, 0.2) is 53.4 Å². The van der Waals surface area contributed by atoms with Crippen molar-refractivity contribution in [2.75, 3.05) is 11.6 Å². The topological polar surface area (TPSA) is 107 Å². The SMILES string of the molecule is Cc1nnnn1-c1cccc(NC(=O)c2ccc(S(C)(=O)=O)cc2)c1. The fourth-order valence-electron chi connectivity index (χ4n) is 2.24. The number of nitrogens with one attached hydrogen (secondary N) is 1. The van der Waals surface area contributed by atoms with Crippen LogP contribution >= 0.6 is 0 Å². The number of anilines is 1. The van der Waals surface area contributed by atoms with E-state index in [2.05, 4.69) is 20.8 Å². The van der Waals surface area contributed by atoms with Crippen LogP contribution in [0.5, 0.6) is 0 Å². The molecule has 3 rings (SSSR count). The molecule has 25 heavy (non-hydrogen) atoms. The summed E-state index contributed by atoms with van der Waals surface area (Å²) in [5, 5.41) is 14.1. The van der Waals surface area contributed by atoms with Gasteiger partial charge in [-0.05, 0) is 59.8 Å². The Labute approximate surface area is 144 Å². The Bertz CT molecular complexity index is 1030. The van der Waals surface area contributed by atoms with Gasteiger partial charge in [-0.15, -0.1) is 5.10 Å². The Morgan fingerprint density at radius 3 is 2.44 bits per heavy atom. The molecule has 0 radical (unpaired) electrons. The lowest BCUT2D eigenvalue weighted by Gasteiger charge is -2.08. The van der Waals surface area contributed by atoms with Gasteiger partial charge < -0.3 is 5.32 Å². The molecular formula is C16H15N5O3S. The summed E-state index contributed by atoms with van der Waals surface area (Å²) in [6.07, 6.45) is 1.12. The normalized spacial score (nSPS) is 11.3. The third-order valence-corrected chi connectivity index (χ3v) is 4.65. The number of sulfone groups is 1. The predicted octanol–water partition coefficient (Wildman–Crippen LogP) is 1.63. The number of hydrogen-bond donors (Lipinski definition) is 1. The van der Waals surface area contributed by atoms with Gasteiger partial charge in [-0.2, -0.15) is 4.68 Å². The van der Waals surface area contributed by atoms with E-state index in [1.165, 1.54) is 24.3 Å². The van der Waals surface area contributed by atoms with Crippen molar-refractivity contribution in [2.45, 2.75) is 11.8 Å². The summed E-state index contributed by atoms with van der Waals surface area (Å²) in [6, 6.07) is 12.8. The molecule has 0 spiro atoms. The average molecular weight is 357 g/mol. The minimum atomic E-state index is -3.29. The molecule has 3 aromatic rings. The van der Waals surface area contributed by atoms with E-state index in [0.29, 0.717) is 22.8 Å². The van der Waals surface area contributed by atoms with Gasteiger partial charge >= 0.3 is 0 Å². The van der Waals surface area contributed by atoms with Gasteiger partial charge in [0.05, 0.1) is 10.6 Å². The lowest BCUT2D eigenvalue weighted by atomic mass is 10.2. The molecule has 0 unspecified atom stereocenters. The molecule has 1 aromatic heterocycles. The standard InChI is InChI=1S/C16H15N5O3S/c1-11-18-19-20-21(11)14-5-3-4-13(10-14)17-16(22)12-6-8-15(9-7-12)25(2,23)24/h3-10H,1-2H3,(H,17,22). The molecule has 0 aliphatic rings. The van der Waals surface area contributed by atoms with Crippen molar-refractivity contribution in [1.82, 2.24) is 20.2 Å². The smallest absolute Gasteiger partial charge is 0.255 e. The molecule has 0 aliphatic carbocycles. The van der Waals surface area contributed by atoms with Crippen LogP contribution in [0.1, 0.15) is 16.2 Å². The zero-order chi connectivity index (χ0) is 18.0. The Hall–Kier alpha value is -3.07. The van der Waals surface area contributed by atoms with Crippen molar-refractivity contribution in [2.24, 2.45) is 0 Å². The number of carbonyl (C=O) groups is 1. The number of hydrogen-bond acceptors (Lipinski definition) is 6. The van der Waals surface area contributed by atoms with Gasteiger partial charge in [-0.25, -0.2) is 8.42 Å². The molecule has 0 bridgehead atoms. The minimum absolute atomic E-state index is 0.167. The molecule has 0 atom stereocenters. The summed E-state index contributed by atoms with van der Waals surface area (Å²) >= 11 is 0. The number of aryl methyl sites for hydroxylation is 1. The van der Waals surface area contributed by atoms with Gasteiger partial charge in [0.2, 0.25) is 0 Å². The highest BCUT2D eigenvalue weighted by Gasteiger charge is 2.11. The summed E-state index contributed by atoms with van der Waals surface area (Å²) < 4.78 is 24.5. The van der Waals surface area contributed by atoms with Crippen LogP contribution in [-0.2, 0) is 9.84 Å². The molecule has 2 aromatic carbocycles. The van der Waals surface area contributed by atoms with Crippen LogP contribution in [-0.4, -0.2) is 40.8 Å². The lowest BCUT2D eigenvalue weighted by molar-refractivity contribution is 0.102. The van der Waals surface area contributed by atoms with Crippen molar-refractivity contribution in [1.29, 1.82) is 0 Å². The monoisotopic (exact) mass is 357 g/mol. The Kier molecular flexibility index (Phi) is 4.32. The predicted molar refractivity (Wildman–Crippen MR) is 91.4 cm³/mol. The average Bonchev–Trinajstić information content (AvgIpc) is 3.00. The maximum atomic E-state index is 12.3. The number of tetrazole rings is 1. The fourth-order valence-corrected chi connectivity index (χ4v) is 2.87. The van der Waals surface area contributed by atoms with Crippen LogP contribution < -0.4 is 5.32 Å². The molecule has 0 fully saturated rings. The van der Waals surface area contributed by atoms with Crippen molar-refractivity contribution in [3.8, 4) is 5.69 Å². The molecule has 1 amide bonds. The van der Waals surface area contributed by atoms with Crippen LogP contribution in [0.4, 0.5) is 5.69 Å². The molecule has 9 heteroatoms. The third kappa shape index (κ3) is 3.72. The highest BCUT2D eigenvalue weighted by atomic mass is 32.2. The molecule has 8 nitrogen and oxygen atoms in total. The Balaban J connectivity index is 1.81. The first-order chi connectivity index (χ1) is 11.8. The van der Waals surface area contributed by atoms with E-state index in [1.807, 2.05) is 6.07 Å². The second-order valence-electron chi connectivity index (χ2n) is 5.44. The van der Waals surface area contributed by atoms with Gasteiger partial charge in [0.25, 0.3) is 5.91 Å². The molecule has 0 saturated carbocycles. The van der Waals surface area contributed by atoms with Crippen LogP contribution in [0.2, 0.25) is 0 Å². The summed E-state index contributed by atoms with van der Waals surface area (Å²) in [6.45, 7) is 1.77. The first-order valence-electron chi connectivity index (χ1n) is 7.31. The van der Waals surface area contributed by atoms with E-state index in [0.717, 1.165) is 6.26 Å². The summed E-state index contributed by atoms with van der Waals surface area (Å²) in [5.41, 5.74) is 1.65. The number of benzene rings is 2. The van der Waals surface area contributed by atoms with Gasteiger partial charge in [-0.3, -0.25) is 4.79 Å². The van der Waals surface area contributed by atoms with Gasteiger partial charge in [0, 0.05) is 17.5 Å². The quantitative estimate of drug-likeness (QED) is 0.760. The van der Waals surface area contributed by atoms with Crippen LogP contribution in [0.25, 0.3) is 5.69 Å². The van der Waals surface area contributed by atoms with Gasteiger partial charge in [0.1, 0.15) is 0 Å². The van der Waals surface area contributed by atoms with E-state index in [-0.39, 0.29) is 10.8 Å². The fraction of sp³-hybridized carbons (Fsp3) is 0.125. The largest absolute Gasteiger partial charge is 0.322 e. The second kappa shape index (κ2) is 6.44. The van der Waals surface area contributed by atoms with Crippen molar-refractivity contribution in [3.63, 3.8) is 0 Å². The maximum absolute atomic E-state index is 12.3. The number of aromatic nitrogens is 4. The molecular weight excluding hydrogens is 342 g/mol. The molecule has 1 N–H and O–H groups in total. The van der Waals surface area contributed by atoms with E-state index in [4.69, 9.17) is 0 Å². The Morgan fingerprint density at radius 1 is 1.12 bits per heavy atom. The first kappa shape index (κ1) is 16.8. The van der Waals surface area contributed by atoms with E-state index < -0.39 is 9.84 Å². The maximum Gasteiger partial charge on any atom is 0.255 e. The third-order valence-electron chi connectivity index (χ3n) is 3.52. The molecule has 1 heterocycles. The van der Waals surface area contributed by atoms with Gasteiger partial charge in [0.15, 0.2) is 15.7 Å². The number of nitrogens with zero attached hydrogens (tertiary/aromatic N) is 4.